The number of amides is 1. The molecule has 1 heterocycles. The van der Waals surface area contributed by atoms with Crippen LogP contribution >= 0.6 is 0 Å². The van der Waals surface area contributed by atoms with Gasteiger partial charge in [0.1, 0.15) is 6.33 Å². The van der Waals surface area contributed by atoms with Crippen LogP contribution in [0, 0.1) is 0 Å². The fraction of sp³-hybridized carbons (Fsp3) is 0.167. The Hall–Kier alpha value is -1.49. The average molecular weight is 153 g/mol. The Morgan fingerprint density at radius 1 is 1.55 bits per heavy atom. The number of hydroxylamine groups is 1. The van der Waals surface area contributed by atoms with E-state index in [1.165, 1.54) is 24.2 Å². The Labute approximate surface area is 63.1 Å². The summed E-state index contributed by atoms with van der Waals surface area (Å²) in [6.07, 6.45) is 4.50. The number of carbonyl (C=O) groups is 1. The number of carbonyl (C=O) groups excluding carboxylic acids is 1. The molecule has 0 unspecified atom stereocenters. The molecule has 1 aromatic heterocycles. The van der Waals surface area contributed by atoms with Gasteiger partial charge in [-0.25, -0.2) is 15.4 Å². The molecule has 0 saturated heterocycles. The predicted molar refractivity (Wildman–Crippen MR) is 35.7 cm³/mol. The third-order valence-electron chi connectivity index (χ3n) is 1.10. The Balaban J connectivity index is 2.58. The molecular formula is C6H7N3O2. The Morgan fingerprint density at radius 2 is 2.18 bits per heavy atom. The van der Waals surface area contributed by atoms with Crippen molar-refractivity contribution in [2.45, 2.75) is 6.42 Å². The highest BCUT2D eigenvalue weighted by molar-refractivity contribution is 5.77. The lowest BCUT2D eigenvalue weighted by Crippen LogP contribution is -2.20. The lowest BCUT2D eigenvalue weighted by Gasteiger charge is -1.95. The van der Waals surface area contributed by atoms with Crippen LogP contribution in [0.2, 0.25) is 0 Å². The minimum atomic E-state index is -0.472. The second kappa shape index (κ2) is 3.62. The van der Waals surface area contributed by atoms with Crippen molar-refractivity contribution in [3.63, 3.8) is 0 Å². The van der Waals surface area contributed by atoms with E-state index < -0.39 is 5.91 Å². The summed E-state index contributed by atoms with van der Waals surface area (Å²) in [7, 11) is 0. The van der Waals surface area contributed by atoms with Gasteiger partial charge in [-0.1, -0.05) is 0 Å². The maximum Gasteiger partial charge on any atom is 0.247 e. The molecule has 0 aliphatic heterocycles. The summed E-state index contributed by atoms with van der Waals surface area (Å²) in [6, 6.07) is 0. The lowest BCUT2D eigenvalue weighted by molar-refractivity contribution is -0.128. The van der Waals surface area contributed by atoms with Gasteiger partial charge < -0.3 is 0 Å². The van der Waals surface area contributed by atoms with E-state index in [4.69, 9.17) is 5.21 Å². The van der Waals surface area contributed by atoms with E-state index in [1.54, 1.807) is 0 Å². The highest BCUT2D eigenvalue weighted by Gasteiger charge is 2.00. The quantitative estimate of drug-likeness (QED) is 0.444. The Bertz CT molecular complexity index is 237. The van der Waals surface area contributed by atoms with Crippen molar-refractivity contribution in [1.29, 1.82) is 0 Å². The van der Waals surface area contributed by atoms with Crippen molar-refractivity contribution in [2.24, 2.45) is 0 Å². The van der Waals surface area contributed by atoms with Gasteiger partial charge >= 0.3 is 0 Å². The summed E-state index contributed by atoms with van der Waals surface area (Å²) in [5, 5.41) is 8.16. The zero-order valence-corrected chi connectivity index (χ0v) is 5.69. The summed E-state index contributed by atoms with van der Waals surface area (Å²) in [6.45, 7) is 0. The zero-order valence-electron chi connectivity index (χ0n) is 5.69. The number of nitrogens with one attached hydrogen (secondary N) is 1. The first-order chi connectivity index (χ1) is 5.33. The molecule has 0 bridgehead atoms. The molecule has 0 aliphatic carbocycles. The largest absolute Gasteiger partial charge is 0.289 e. The first-order valence-corrected chi connectivity index (χ1v) is 2.99. The van der Waals surface area contributed by atoms with Crippen LogP contribution in [0.3, 0.4) is 0 Å². The van der Waals surface area contributed by atoms with Crippen molar-refractivity contribution in [2.75, 3.05) is 0 Å². The van der Waals surface area contributed by atoms with Crippen LogP contribution in [0.25, 0.3) is 0 Å². The number of aromatic nitrogens is 2. The van der Waals surface area contributed by atoms with Crippen LogP contribution in [-0.2, 0) is 11.2 Å². The van der Waals surface area contributed by atoms with Crippen LogP contribution in [0.1, 0.15) is 5.56 Å². The minimum absolute atomic E-state index is 0.0946. The van der Waals surface area contributed by atoms with Gasteiger partial charge in [-0.3, -0.25) is 10.0 Å². The van der Waals surface area contributed by atoms with Crippen LogP contribution in [0.4, 0.5) is 0 Å². The molecule has 1 aromatic rings. The maximum atomic E-state index is 10.6. The molecule has 0 aliphatic rings. The average Bonchev–Trinajstić information content (AvgIpc) is 2.06. The van der Waals surface area contributed by atoms with Gasteiger partial charge in [0, 0.05) is 12.4 Å². The monoisotopic (exact) mass is 153 g/mol. The van der Waals surface area contributed by atoms with E-state index in [9.17, 15) is 4.79 Å². The molecular weight excluding hydrogens is 146 g/mol. The Kier molecular flexibility index (Phi) is 2.51. The summed E-state index contributed by atoms with van der Waals surface area (Å²) in [5.41, 5.74) is 2.18. The molecule has 0 atom stereocenters. The van der Waals surface area contributed by atoms with E-state index >= 15 is 0 Å². The predicted octanol–water partition coefficient (Wildman–Crippen LogP) is -0.475. The third-order valence-corrected chi connectivity index (χ3v) is 1.10. The Morgan fingerprint density at radius 3 is 2.73 bits per heavy atom. The van der Waals surface area contributed by atoms with Crippen molar-refractivity contribution in [3.8, 4) is 0 Å². The molecule has 0 saturated carbocycles. The molecule has 5 heteroatoms. The second-order valence-corrected chi connectivity index (χ2v) is 1.96. The van der Waals surface area contributed by atoms with Crippen molar-refractivity contribution in [3.05, 3.63) is 24.3 Å². The SMILES string of the molecule is O=C(Cc1cncnc1)NO. The summed E-state index contributed by atoms with van der Waals surface area (Å²) in [5.74, 6) is -0.472. The second-order valence-electron chi connectivity index (χ2n) is 1.96. The number of hydrogen-bond donors (Lipinski definition) is 2. The third kappa shape index (κ3) is 2.30. The fourth-order valence-corrected chi connectivity index (χ4v) is 0.646. The number of nitrogens with zero attached hydrogens (tertiary/aromatic N) is 2. The van der Waals surface area contributed by atoms with Gasteiger partial charge in [-0.15, -0.1) is 0 Å². The van der Waals surface area contributed by atoms with Crippen molar-refractivity contribution in [1.82, 2.24) is 15.4 Å². The molecule has 0 radical (unpaired) electrons. The summed E-state index contributed by atoms with van der Waals surface area (Å²) >= 11 is 0. The van der Waals surface area contributed by atoms with Crippen LogP contribution in [-0.4, -0.2) is 21.1 Å². The smallest absolute Gasteiger partial charge is 0.247 e. The molecule has 11 heavy (non-hydrogen) atoms. The van der Waals surface area contributed by atoms with Crippen molar-refractivity contribution >= 4 is 5.91 Å². The van der Waals surface area contributed by atoms with E-state index in [0.717, 1.165) is 0 Å². The molecule has 5 nitrogen and oxygen atoms in total. The van der Waals surface area contributed by atoms with E-state index in [-0.39, 0.29) is 6.42 Å². The first-order valence-electron chi connectivity index (χ1n) is 2.99. The topological polar surface area (TPSA) is 75.1 Å². The maximum absolute atomic E-state index is 10.6. The molecule has 2 N–H and O–H groups in total. The van der Waals surface area contributed by atoms with Gasteiger partial charge in [-0.2, -0.15) is 0 Å². The number of rotatable bonds is 2. The zero-order chi connectivity index (χ0) is 8.10. The summed E-state index contributed by atoms with van der Waals surface area (Å²) in [4.78, 5) is 18.0. The van der Waals surface area contributed by atoms with Gasteiger partial charge in [0.2, 0.25) is 5.91 Å². The van der Waals surface area contributed by atoms with E-state index in [2.05, 4.69) is 9.97 Å². The van der Waals surface area contributed by atoms with E-state index in [1.807, 2.05) is 0 Å². The van der Waals surface area contributed by atoms with Crippen LogP contribution < -0.4 is 5.48 Å². The number of hydrogen-bond acceptors (Lipinski definition) is 4. The molecule has 0 fully saturated rings. The van der Waals surface area contributed by atoms with Gasteiger partial charge in [0.15, 0.2) is 0 Å². The van der Waals surface area contributed by atoms with Gasteiger partial charge in [-0.05, 0) is 5.56 Å². The normalized spacial score (nSPS) is 9.18. The first kappa shape index (κ1) is 7.62. The molecule has 1 amide bonds. The summed E-state index contributed by atoms with van der Waals surface area (Å²) < 4.78 is 0. The highest BCUT2D eigenvalue weighted by Crippen LogP contribution is 1.92. The van der Waals surface area contributed by atoms with Crippen LogP contribution in [0.15, 0.2) is 18.7 Å². The van der Waals surface area contributed by atoms with Crippen molar-refractivity contribution < 1.29 is 10.0 Å². The molecule has 58 valence electrons. The van der Waals surface area contributed by atoms with Gasteiger partial charge in [0.25, 0.3) is 0 Å². The van der Waals surface area contributed by atoms with Crippen LogP contribution in [0.5, 0.6) is 0 Å². The van der Waals surface area contributed by atoms with Gasteiger partial charge in [0.05, 0.1) is 6.42 Å². The van der Waals surface area contributed by atoms with E-state index in [0.29, 0.717) is 5.56 Å². The highest BCUT2D eigenvalue weighted by atomic mass is 16.5. The fourth-order valence-electron chi connectivity index (χ4n) is 0.646. The standard InChI is InChI=1S/C6H7N3O2/c10-6(9-11)1-5-2-7-4-8-3-5/h2-4,11H,1H2,(H,9,10). The minimum Gasteiger partial charge on any atom is -0.289 e. The molecule has 1 rings (SSSR count). The molecule has 0 spiro atoms. The lowest BCUT2D eigenvalue weighted by atomic mass is 10.2. The molecule has 0 aromatic carbocycles.